The summed E-state index contributed by atoms with van der Waals surface area (Å²) in [6.07, 6.45) is 0. The number of anilines is 1. The summed E-state index contributed by atoms with van der Waals surface area (Å²) >= 11 is 0. The first-order chi connectivity index (χ1) is 13.3. The van der Waals surface area contributed by atoms with Crippen molar-refractivity contribution in [2.45, 2.75) is 13.8 Å². The van der Waals surface area contributed by atoms with Gasteiger partial charge in [0, 0.05) is 28.8 Å². The Kier molecular flexibility index (Phi) is 5.08. The Morgan fingerprint density at radius 3 is 2.64 bits per heavy atom. The fraction of sp³-hybridized carbons (Fsp3) is 0.158. The van der Waals surface area contributed by atoms with Gasteiger partial charge in [-0.15, -0.1) is 0 Å². The Hall–Kier alpha value is -3.75. The third-order valence-corrected chi connectivity index (χ3v) is 4.13. The molecule has 3 rings (SSSR count). The highest BCUT2D eigenvalue weighted by molar-refractivity contribution is 5.98. The van der Waals surface area contributed by atoms with E-state index in [0.717, 1.165) is 0 Å². The first kappa shape index (κ1) is 19.0. The van der Waals surface area contributed by atoms with Crippen molar-refractivity contribution >= 4 is 34.2 Å². The number of fused-ring (bicyclic) bond motifs is 1. The molecule has 0 radical (unpaired) electrons. The molecule has 0 saturated carbocycles. The second-order valence-corrected chi connectivity index (χ2v) is 6.05. The predicted octanol–water partition coefficient (Wildman–Crippen LogP) is 3.89. The highest BCUT2D eigenvalue weighted by Crippen LogP contribution is 2.27. The van der Waals surface area contributed by atoms with Crippen molar-refractivity contribution in [3.05, 3.63) is 69.2 Å². The molecule has 0 bridgehead atoms. The van der Waals surface area contributed by atoms with Gasteiger partial charge in [0.15, 0.2) is 18.0 Å². The molecule has 0 aliphatic carbocycles. The highest BCUT2D eigenvalue weighted by Gasteiger charge is 2.21. The maximum absolute atomic E-state index is 13.8. The number of nitrogens with one attached hydrogen (secondary N) is 1. The molecule has 1 heterocycles. The van der Waals surface area contributed by atoms with Crippen molar-refractivity contribution in [3.8, 4) is 0 Å². The number of nitrogens with zero attached hydrogens (tertiary/aromatic N) is 1. The van der Waals surface area contributed by atoms with Crippen molar-refractivity contribution in [1.82, 2.24) is 0 Å². The Bertz CT molecular complexity index is 1110. The number of hydrogen-bond acceptors (Lipinski definition) is 6. The molecule has 8 nitrogen and oxygen atoms in total. The number of non-ortho nitro benzene ring substituents is 1. The van der Waals surface area contributed by atoms with E-state index in [0.29, 0.717) is 22.2 Å². The van der Waals surface area contributed by atoms with Crippen LogP contribution in [0.4, 0.5) is 15.8 Å². The second-order valence-electron chi connectivity index (χ2n) is 6.05. The lowest BCUT2D eigenvalue weighted by atomic mass is 10.1. The lowest BCUT2D eigenvalue weighted by molar-refractivity contribution is -0.384. The minimum Gasteiger partial charge on any atom is -0.450 e. The van der Waals surface area contributed by atoms with E-state index in [9.17, 15) is 24.1 Å². The maximum atomic E-state index is 13.8. The van der Waals surface area contributed by atoms with Crippen LogP contribution in [0.2, 0.25) is 0 Å². The SMILES string of the molecule is Cc1cc([N+](=O)[O-])ccc1NC(=O)COC(=O)c1oc2c(F)cccc2c1C. The molecule has 0 fully saturated rings. The van der Waals surface area contributed by atoms with Crippen molar-refractivity contribution in [2.24, 2.45) is 0 Å². The van der Waals surface area contributed by atoms with Crippen LogP contribution in [0.25, 0.3) is 11.0 Å². The molecule has 2 aromatic carbocycles. The standard InChI is InChI=1S/C19H15FN2O6/c1-10-8-12(22(25)26)6-7-15(10)21-16(23)9-27-19(24)17-11(2)13-4-3-5-14(20)18(13)28-17/h3-8H,9H2,1-2H3,(H,21,23). The summed E-state index contributed by atoms with van der Waals surface area (Å²) in [5, 5.41) is 13.7. The number of furan rings is 1. The van der Waals surface area contributed by atoms with Crippen molar-refractivity contribution in [2.75, 3.05) is 11.9 Å². The van der Waals surface area contributed by atoms with Gasteiger partial charge in [-0.2, -0.15) is 0 Å². The third-order valence-electron chi connectivity index (χ3n) is 4.13. The summed E-state index contributed by atoms with van der Waals surface area (Å²) in [5.74, 6) is -2.32. The Morgan fingerprint density at radius 2 is 2.00 bits per heavy atom. The number of rotatable bonds is 5. The molecule has 9 heteroatoms. The molecule has 0 unspecified atom stereocenters. The Labute approximate surface area is 158 Å². The fourth-order valence-corrected chi connectivity index (χ4v) is 2.69. The number of ether oxygens (including phenoxy) is 1. The maximum Gasteiger partial charge on any atom is 0.375 e. The molecule has 1 amide bonds. The van der Waals surface area contributed by atoms with Crippen LogP contribution < -0.4 is 5.32 Å². The van der Waals surface area contributed by atoms with Gasteiger partial charge in [0.2, 0.25) is 5.76 Å². The number of nitro benzene ring substituents is 1. The van der Waals surface area contributed by atoms with Crippen molar-refractivity contribution < 1.29 is 28.1 Å². The summed E-state index contributed by atoms with van der Waals surface area (Å²) < 4.78 is 24.0. The highest BCUT2D eigenvalue weighted by atomic mass is 19.1. The number of halogens is 1. The van der Waals surface area contributed by atoms with Crippen LogP contribution in [0.5, 0.6) is 0 Å². The number of carbonyl (C=O) groups excluding carboxylic acids is 2. The summed E-state index contributed by atoms with van der Waals surface area (Å²) in [5.41, 5.74) is 1.09. The second kappa shape index (κ2) is 7.47. The lowest BCUT2D eigenvalue weighted by Crippen LogP contribution is -2.21. The van der Waals surface area contributed by atoms with Crippen molar-refractivity contribution in [1.29, 1.82) is 0 Å². The zero-order valence-corrected chi connectivity index (χ0v) is 14.9. The van der Waals surface area contributed by atoms with Crippen LogP contribution in [0, 0.1) is 29.8 Å². The molecule has 0 spiro atoms. The Morgan fingerprint density at radius 1 is 1.25 bits per heavy atom. The van der Waals surface area contributed by atoms with Crippen LogP contribution in [-0.2, 0) is 9.53 Å². The van der Waals surface area contributed by atoms with Crippen LogP contribution in [0.1, 0.15) is 21.7 Å². The monoisotopic (exact) mass is 386 g/mol. The quantitative estimate of drug-likeness (QED) is 0.404. The van der Waals surface area contributed by atoms with Crippen LogP contribution >= 0.6 is 0 Å². The normalized spacial score (nSPS) is 10.7. The number of amides is 1. The number of para-hydroxylation sites is 1. The summed E-state index contributed by atoms with van der Waals surface area (Å²) in [4.78, 5) is 34.4. The van der Waals surface area contributed by atoms with E-state index in [1.807, 2.05) is 0 Å². The minimum absolute atomic E-state index is 0.0575. The molecule has 3 aromatic rings. The molecule has 1 aromatic heterocycles. The van der Waals surface area contributed by atoms with Gasteiger partial charge < -0.3 is 14.5 Å². The van der Waals surface area contributed by atoms with Gasteiger partial charge in [0.1, 0.15) is 0 Å². The number of benzene rings is 2. The molecular formula is C19H15FN2O6. The van der Waals surface area contributed by atoms with E-state index in [1.54, 1.807) is 19.9 Å². The van der Waals surface area contributed by atoms with Gasteiger partial charge in [0.05, 0.1) is 4.92 Å². The largest absolute Gasteiger partial charge is 0.450 e. The van der Waals surface area contributed by atoms with Crippen molar-refractivity contribution in [3.63, 3.8) is 0 Å². The zero-order valence-electron chi connectivity index (χ0n) is 14.9. The minimum atomic E-state index is -0.899. The number of aryl methyl sites for hydroxylation is 2. The Balaban J connectivity index is 1.67. The van der Waals surface area contributed by atoms with E-state index in [4.69, 9.17) is 9.15 Å². The molecule has 144 valence electrons. The number of carbonyl (C=O) groups is 2. The molecule has 0 aliphatic heterocycles. The number of hydrogen-bond donors (Lipinski definition) is 1. The van der Waals surface area contributed by atoms with Crippen LogP contribution in [0.15, 0.2) is 40.8 Å². The summed E-state index contributed by atoms with van der Waals surface area (Å²) in [7, 11) is 0. The van der Waals surface area contributed by atoms with Gasteiger partial charge >= 0.3 is 5.97 Å². The van der Waals surface area contributed by atoms with E-state index in [1.165, 1.54) is 30.3 Å². The van der Waals surface area contributed by atoms with E-state index >= 15 is 0 Å². The first-order valence-electron chi connectivity index (χ1n) is 8.17. The van der Waals surface area contributed by atoms with Gasteiger partial charge in [-0.3, -0.25) is 14.9 Å². The smallest absolute Gasteiger partial charge is 0.375 e. The molecule has 1 N–H and O–H groups in total. The first-order valence-corrected chi connectivity index (χ1v) is 8.17. The molecule has 0 atom stereocenters. The summed E-state index contributed by atoms with van der Waals surface area (Å²) in [6, 6.07) is 8.27. The third kappa shape index (κ3) is 3.68. The summed E-state index contributed by atoms with van der Waals surface area (Å²) in [6.45, 7) is 2.58. The van der Waals surface area contributed by atoms with Gasteiger partial charge in [-0.1, -0.05) is 12.1 Å². The lowest BCUT2D eigenvalue weighted by Gasteiger charge is -2.08. The average Bonchev–Trinajstić information content (AvgIpc) is 2.99. The zero-order chi connectivity index (χ0) is 20.4. The topological polar surface area (TPSA) is 112 Å². The molecule has 0 aliphatic rings. The van der Waals surface area contributed by atoms with E-state index in [2.05, 4.69) is 5.32 Å². The average molecular weight is 386 g/mol. The van der Waals surface area contributed by atoms with Gasteiger partial charge in [0.25, 0.3) is 11.6 Å². The van der Waals surface area contributed by atoms with E-state index < -0.39 is 29.2 Å². The van der Waals surface area contributed by atoms with E-state index in [-0.39, 0.29) is 17.0 Å². The number of nitro groups is 1. The number of esters is 1. The molecular weight excluding hydrogens is 371 g/mol. The molecule has 28 heavy (non-hydrogen) atoms. The van der Waals surface area contributed by atoms with Crippen LogP contribution in [-0.4, -0.2) is 23.4 Å². The predicted molar refractivity (Wildman–Crippen MR) is 97.7 cm³/mol. The van der Waals surface area contributed by atoms with Gasteiger partial charge in [-0.25, -0.2) is 9.18 Å². The molecule has 0 saturated heterocycles. The van der Waals surface area contributed by atoms with Gasteiger partial charge in [-0.05, 0) is 31.5 Å². The van der Waals surface area contributed by atoms with Crippen LogP contribution in [0.3, 0.4) is 0 Å². The fourth-order valence-electron chi connectivity index (χ4n) is 2.69.